The lowest BCUT2D eigenvalue weighted by Crippen LogP contribution is -2.51. The molecule has 11 heteroatoms. The third kappa shape index (κ3) is 6.79. The van der Waals surface area contributed by atoms with Gasteiger partial charge in [0, 0.05) is 36.6 Å². The van der Waals surface area contributed by atoms with E-state index in [4.69, 9.17) is 30.5 Å². The smallest absolute Gasteiger partial charge is 0.319 e. The maximum atomic E-state index is 12.0. The fraction of sp³-hybridized carbons (Fsp3) is 0.552. The zero-order valence-corrected chi connectivity index (χ0v) is 24.1. The number of urea groups is 1. The van der Waals surface area contributed by atoms with E-state index < -0.39 is 0 Å². The van der Waals surface area contributed by atoms with Crippen molar-refractivity contribution in [3.05, 3.63) is 46.5 Å². The van der Waals surface area contributed by atoms with E-state index >= 15 is 0 Å². The van der Waals surface area contributed by atoms with Gasteiger partial charge in [-0.1, -0.05) is 11.6 Å². The van der Waals surface area contributed by atoms with E-state index in [1.54, 1.807) is 25.3 Å². The summed E-state index contributed by atoms with van der Waals surface area (Å²) in [6, 6.07) is 4.77. The Balaban J connectivity index is 1.14. The van der Waals surface area contributed by atoms with Crippen molar-refractivity contribution in [3.8, 4) is 5.75 Å². The van der Waals surface area contributed by atoms with Crippen molar-refractivity contribution < 1.29 is 23.7 Å². The summed E-state index contributed by atoms with van der Waals surface area (Å²) in [5, 5.41) is 5.87. The summed E-state index contributed by atoms with van der Waals surface area (Å²) >= 11 is 6.41. The quantitative estimate of drug-likeness (QED) is 0.405. The zero-order valence-electron chi connectivity index (χ0n) is 23.4. The molecule has 1 aromatic rings. The van der Waals surface area contributed by atoms with Crippen LogP contribution in [-0.2, 0) is 14.2 Å². The van der Waals surface area contributed by atoms with Crippen LogP contribution in [0.4, 0.5) is 10.5 Å². The predicted molar refractivity (Wildman–Crippen MR) is 155 cm³/mol. The number of fused-ring (bicyclic) bond motifs is 1. The summed E-state index contributed by atoms with van der Waals surface area (Å²) in [5.41, 5.74) is 1.75. The van der Waals surface area contributed by atoms with E-state index in [9.17, 15) is 4.79 Å². The Kier molecular flexibility index (Phi) is 8.97. The largest absolute Gasteiger partial charge is 0.497 e. The van der Waals surface area contributed by atoms with E-state index in [1.807, 2.05) is 19.9 Å². The van der Waals surface area contributed by atoms with E-state index in [0.29, 0.717) is 46.6 Å². The van der Waals surface area contributed by atoms with E-state index in [1.165, 1.54) is 19.2 Å². The van der Waals surface area contributed by atoms with Gasteiger partial charge < -0.3 is 34.5 Å². The van der Waals surface area contributed by atoms with Crippen LogP contribution in [0.15, 0.2) is 51.5 Å². The maximum absolute atomic E-state index is 12.0. The topological polar surface area (TPSA) is 106 Å². The summed E-state index contributed by atoms with van der Waals surface area (Å²) in [4.78, 5) is 23.4. The molecule has 40 heavy (non-hydrogen) atoms. The summed E-state index contributed by atoms with van der Waals surface area (Å²) < 4.78 is 23.4. The number of carbonyl (C=O) groups excluding carboxylic acids is 1. The van der Waals surface area contributed by atoms with Crippen LogP contribution in [0.25, 0.3) is 0 Å². The van der Waals surface area contributed by atoms with Crippen LogP contribution in [0.3, 0.4) is 0 Å². The van der Waals surface area contributed by atoms with Crippen molar-refractivity contribution >= 4 is 35.6 Å². The van der Waals surface area contributed by atoms with Crippen molar-refractivity contribution in [2.75, 3.05) is 51.9 Å². The number of hydrogen-bond acceptors (Lipinski definition) is 8. The number of hydrogen-bond donors (Lipinski definition) is 2. The van der Waals surface area contributed by atoms with Gasteiger partial charge in [0.15, 0.2) is 5.76 Å². The number of halogens is 1. The molecule has 1 unspecified atom stereocenters. The number of aliphatic imine (C=N–C) groups is 2. The van der Waals surface area contributed by atoms with Gasteiger partial charge in [0.05, 0.1) is 49.3 Å². The number of amides is 2. The minimum atomic E-state index is -0.323. The summed E-state index contributed by atoms with van der Waals surface area (Å²) in [6.45, 7) is 9.54. The summed E-state index contributed by atoms with van der Waals surface area (Å²) in [7, 11) is 1.65. The van der Waals surface area contributed by atoms with E-state index in [0.717, 1.165) is 50.7 Å². The lowest BCUT2D eigenvalue weighted by atomic mass is 9.77. The van der Waals surface area contributed by atoms with E-state index in [-0.39, 0.29) is 18.0 Å². The Morgan fingerprint density at radius 2 is 2.08 bits per heavy atom. The summed E-state index contributed by atoms with van der Waals surface area (Å²) in [5.74, 6) is 2.22. The first-order valence-electron chi connectivity index (χ1n) is 13.9. The van der Waals surface area contributed by atoms with Crippen LogP contribution >= 0.6 is 11.6 Å². The predicted octanol–water partition coefficient (Wildman–Crippen LogP) is 4.97. The van der Waals surface area contributed by atoms with Gasteiger partial charge in [-0.2, -0.15) is 0 Å². The second kappa shape index (κ2) is 12.6. The van der Waals surface area contributed by atoms with Crippen LogP contribution in [0.1, 0.15) is 39.5 Å². The molecule has 1 aliphatic carbocycles. The molecule has 1 atom stereocenters. The van der Waals surface area contributed by atoms with Gasteiger partial charge in [-0.25, -0.2) is 14.8 Å². The number of nitrogens with one attached hydrogen (secondary N) is 2. The highest BCUT2D eigenvalue weighted by atomic mass is 35.5. The second-order valence-corrected chi connectivity index (χ2v) is 11.5. The molecular formula is C29H38ClN5O5. The van der Waals surface area contributed by atoms with Crippen LogP contribution in [0.2, 0.25) is 5.02 Å². The monoisotopic (exact) mass is 571 g/mol. The highest BCUT2D eigenvalue weighted by molar-refractivity contribution is 6.33. The van der Waals surface area contributed by atoms with Gasteiger partial charge in [-0.05, 0) is 58.3 Å². The zero-order chi connectivity index (χ0) is 28.1. The van der Waals surface area contributed by atoms with Crippen molar-refractivity contribution in [2.45, 2.75) is 45.6 Å². The Bertz CT molecular complexity index is 1210. The van der Waals surface area contributed by atoms with Gasteiger partial charge in [-0.15, -0.1) is 0 Å². The number of rotatable bonds is 9. The molecule has 1 aromatic carbocycles. The Hall–Kier alpha value is -3.08. The normalized spacial score (nSPS) is 21.8. The molecule has 0 aromatic heterocycles. The fourth-order valence-electron chi connectivity index (χ4n) is 5.30. The SMILES string of the molecule is COC1=C(OCCCN2CCC3(CC2)COC3)C=C2N=CN=C(Oc3ccc(NC(=O)NC(C)C)c(Cl)c3)C2C1. The first-order valence-corrected chi connectivity index (χ1v) is 14.3. The second-order valence-electron chi connectivity index (χ2n) is 11.1. The Labute approximate surface area is 240 Å². The number of allylic oxidation sites excluding steroid dienone is 2. The number of piperidine rings is 1. The van der Waals surface area contributed by atoms with Crippen molar-refractivity contribution in [1.29, 1.82) is 0 Å². The van der Waals surface area contributed by atoms with Gasteiger partial charge in [0.2, 0.25) is 5.90 Å². The molecule has 216 valence electrons. The molecule has 2 amide bonds. The number of nitrogens with zero attached hydrogens (tertiary/aromatic N) is 3. The van der Waals surface area contributed by atoms with Crippen molar-refractivity contribution in [1.82, 2.24) is 10.2 Å². The minimum absolute atomic E-state index is 0.0115. The van der Waals surface area contributed by atoms with Crippen LogP contribution in [-0.4, -0.2) is 75.8 Å². The molecule has 2 N–H and O–H groups in total. The first-order chi connectivity index (χ1) is 19.3. The van der Waals surface area contributed by atoms with Crippen molar-refractivity contribution in [3.63, 3.8) is 0 Å². The molecule has 0 radical (unpaired) electrons. The average Bonchev–Trinajstić information content (AvgIpc) is 2.91. The Morgan fingerprint density at radius 1 is 1.27 bits per heavy atom. The van der Waals surface area contributed by atoms with Crippen LogP contribution in [0.5, 0.6) is 5.75 Å². The highest BCUT2D eigenvalue weighted by Crippen LogP contribution is 2.38. The highest BCUT2D eigenvalue weighted by Gasteiger charge is 2.41. The molecule has 3 aliphatic heterocycles. The van der Waals surface area contributed by atoms with Gasteiger partial charge in [-0.3, -0.25) is 0 Å². The molecule has 0 saturated carbocycles. The number of anilines is 1. The van der Waals surface area contributed by atoms with Crippen LogP contribution in [0, 0.1) is 11.3 Å². The molecule has 4 aliphatic rings. The maximum Gasteiger partial charge on any atom is 0.319 e. The average molecular weight is 572 g/mol. The molecule has 5 rings (SSSR count). The number of methoxy groups -OCH3 is 1. The molecule has 2 fully saturated rings. The number of likely N-dealkylation sites (tertiary alicyclic amines) is 1. The third-order valence-corrected chi connectivity index (χ3v) is 7.99. The lowest BCUT2D eigenvalue weighted by molar-refractivity contribution is -0.139. The molecule has 3 heterocycles. The fourth-order valence-corrected chi connectivity index (χ4v) is 5.51. The third-order valence-electron chi connectivity index (χ3n) is 7.68. The number of ether oxygens (including phenoxy) is 4. The minimum Gasteiger partial charge on any atom is -0.497 e. The van der Waals surface area contributed by atoms with Gasteiger partial charge >= 0.3 is 6.03 Å². The van der Waals surface area contributed by atoms with Gasteiger partial charge in [0.25, 0.3) is 0 Å². The van der Waals surface area contributed by atoms with Gasteiger partial charge in [0.1, 0.15) is 17.8 Å². The first kappa shape index (κ1) is 28.4. The summed E-state index contributed by atoms with van der Waals surface area (Å²) in [6.07, 6.45) is 7.32. The van der Waals surface area contributed by atoms with Crippen LogP contribution < -0.4 is 15.4 Å². The molecular weight excluding hydrogens is 534 g/mol. The Morgan fingerprint density at radius 3 is 2.75 bits per heavy atom. The number of benzene rings is 1. The molecule has 0 bridgehead atoms. The molecule has 1 spiro atoms. The standard InChI is InChI=1S/C29H38ClN5O5/c1-19(2)33-28(36)34-23-6-5-20(13-22(23)30)40-27-21-14-25(37-3)26(15-24(21)31-18-32-27)39-12-4-9-35-10-7-29(8-11-35)16-38-17-29/h5-6,13,15,18-19,21H,4,7-12,14,16-17H2,1-3H3,(H2,33,34,36). The lowest BCUT2D eigenvalue weighted by Gasteiger charge is -2.47. The van der Waals surface area contributed by atoms with Crippen molar-refractivity contribution in [2.24, 2.45) is 21.3 Å². The van der Waals surface area contributed by atoms with E-state index in [2.05, 4.69) is 25.5 Å². The molecule has 10 nitrogen and oxygen atoms in total. The number of carbonyl (C=O) groups is 1. The molecule has 2 saturated heterocycles.